The summed E-state index contributed by atoms with van der Waals surface area (Å²) in [6.45, 7) is 2.76. The van der Waals surface area contributed by atoms with Crippen LogP contribution in [0.2, 0.25) is 0 Å². The Morgan fingerprint density at radius 2 is 1.70 bits per heavy atom. The van der Waals surface area contributed by atoms with Gasteiger partial charge in [-0.25, -0.2) is 0 Å². The van der Waals surface area contributed by atoms with E-state index >= 15 is 0 Å². The van der Waals surface area contributed by atoms with E-state index in [1.165, 1.54) is 19.3 Å². The molecule has 1 saturated heterocycles. The van der Waals surface area contributed by atoms with Gasteiger partial charge in [0.1, 0.15) is 6.79 Å². The monoisotopic (exact) mass is 142 g/mol. The zero-order valence-electron chi connectivity index (χ0n) is 6.38. The molecule has 2 aliphatic rings. The van der Waals surface area contributed by atoms with E-state index in [4.69, 9.17) is 9.47 Å². The van der Waals surface area contributed by atoms with Gasteiger partial charge in [-0.3, -0.25) is 0 Å². The minimum absolute atomic E-state index is 0.493. The van der Waals surface area contributed by atoms with Crippen molar-refractivity contribution in [2.75, 3.05) is 6.79 Å². The molecule has 58 valence electrons. The summed E-state index contributed by atoms with van der Waals surface area (Å²) < 4.78 is 10.9. The van der Waals surface area contributed by atoms with Crippen molar-refractivity contribution in [1.29, 1.82) is 0 Å². The zero-order valence-corrected chi connectivity index (χ0v) is 6.38. The van der Waals surface area contributed by atoms with Crippen LogP contribution in [-0.4, -0.2) is 19.0 Å². The predicted octanol–water partition coefficient (Wildman–Crippen LogP) is 1.55. The Labute approximate surface area is 61.5 Å². The van der Waals surface area contributed by atoms with E-state index in [0.29, 0.717) is 24.9 Å². The van der Waals surface area contributed by atoms with Crippen molar-refractivity contribution in [2.24, 2.45) is 5.92 Å². The van der Waals surface area contributed by atoms with Crippen molar-refractivity contribution in [3.63, 3.8) is 0 Å². The second-order valence-corrected chi connectivity index (χ2v) is 3.32. The molecule has 2 rings (SSSR count). The zero-order chi connectivity index (χ0) is 6.97. The minimum atomic E-state index is 0.493. The molecule has 1 heterocycles. The molecule has 2 heteroatoms. The van der Waals surface area contributed by atoms with Gasteiger partial charge in [0.25, 0.3) is 0 Å². The Kier molecular flexibility index (Phi) is 1.66. The van der Waals surface area contributed by atoms with Gasteiger partial charge in [0.05, 0.1) is 12.2 Å². The van der Waals surface area contributed by atoms with Gasteiger partial charge < -0.3 is 9.47 Å². The first kappa shape index (κ1) is 6.62. The number of hydrogen-bond donors (Lipinski definition) is 0. The van der Waals surface area contributed by atoms with Gasteiger partial charge >= 0.3 is 0 Å². The molecule has 0 spiro atoms. The summed E-state index contributed by atoms with van der Waals surface area (Å²) in [5.74, 6) is 0.627. The fourth-order valence-electron chi connectivity index (χ4n) is 1.97. The highest BCUT2D eigenvalue weighted by Gasteiger charge is 2.34. The third-order valence-corrected chi connectivity index (χ3v) is 2.71. The molecule has 1 aliphatic carbocycles. The van der Waals surface area contributed by atoms with Crippen LogP contribution in [0.1, 0.15) is 26.2 Å². The van der Waals surface area contributed by atoms with Crippen molar-refractivity contribution in [2.45, 2.75) is 38.4 Å². The van der Waals surface area contributed by atoms with Crippen LogP contribution < -0.4 is 0 Å². The lowest BCUT2D eigenvalue weighted by Crippen LogP contribution is -2.43. The molecule has 0 aromatic carbocycles. The molecule has 2 fully saturated rings. The van der Waals surface area contributed by atoms with Crippen molar-refractivity contribution in [1.82, 2.24) is 0 Å². The Morgan fingerprint density at radius 1 is 1.10 bits per heavy atom. The first-order valence-corrected chi connectivity index (χ1v) is 4.11. The number of fused-ring (bicyclic) bond motifs is 2. The maximum absolute atomic E-state index is 5.44. The van der Waals surface area contributed by atoms with Crippen LogP contribution in [0.3, 0.4) is 0 Å². The second-order valence-electron chi connectivity index (χ2n) is 3.32. The first-order chi connectivity index (χ1) is 4.88. The third-order valence-electron chi connectivity index (χ3n) is 2.71. The van der Waals surface area contributed by atoms with E-state index in [0.717, 1.165) is 0 Å². The van der Waals surface area contributed by atoms with E-state index in [1.807, 2.05) is 0 Å². The average Bonchev–Trinajstić information content (AvgIpc) is 1.86. The Bertz CT molecular complexity index is 102. The van der Waals surface area contributed by atoms with Crippen LogP contribution in [-0.2, 0) is 9.47 Å². The standard InChI is InChI=1S/C8H14O2/c1-6-7-3-2-4-8(6)10-5-9-7/h6-8H,2-5H2,1H3. The van der Waals surface area contributed by atoms with E-state index in [1.54, 1.807) is 0 Å². The normalized spacial score (nSPS) is 47.1. The molecule has 1 saturated carbocycles. The number of rotatable bonds is 0. The van der Waals surface area contributed by atoms with Gasteiger partial charge in [-0.2, -0.15) is 0 Å². The van der Waals surface area contributed by atoms with E-state index < -0.39 is 0 Å². The van der Waals surface area contributed by atoms with Crippen LogP contribution in [0.25, 0.3) is 0 Å². The molecule has 2 bridgehead atoms. The molecule has 0 aromatic heterocycles. The Balaban J connectivity index is 2.05. The van der Waals surface area contributed by atoms with Crippen LogP contribution in [0, 0.1) is 5.92 Å². The summed E-state index contributed by atoms with van der Waals surface area (Å²) in [5.41, 5.74) is 0. The van der Waals surface area contributed by atoms with Crippen molar-refractivity contribution >= 4 is 0 Å². The van der Waals surface area contributed by atoms with Crippen molar-refractivity contribution < 1.29 is 9.47 Å². The van der Waals surface area contributed by atoms with Gasteiger partial charge in [-0.15, -0.1) is 0 Å². The second kappa shape index (κ2) is 2.51. The Morgan fingerprint density at radius 3 is 2.20 bits per heavy atom. The third kappa shape index (κ3) is 0.956. The van der Waals surface area contributed by atoms with Gasteiger partial charge in [0.2, 0.25) is 0 Å². The molecule has 10 heavy (non-hydrogen) atoms. The highest BCUT2D eigenvalue weighted by atomic mass is 16.7. The molecular formula is C8H14O2. The maximum Gasteiger partial charge on any atom is 0.147 e. The van der Waals surface area contributed by atoms with Crippen LogP contribution in [0.4, 0.5) is 0 Å². The molecule has 0 N–H and O–H groups in total. The highest BCUT2D eigenvalue weighted by molar-refractivity contribution is 4.82. The molecule has 2 unspecified atom stereocenters. The van der Waals surface area contributed by atoms with E-state index in [9.17, 15) is 0 Å². The van der Waals surface area contributed by atoms with E-state index in [2.05, 4.69) is 6.92 Å². The SMILES string of the molecule is CC1C2CCCC1OCO2. The molecule has 1 aliphatic heterocycles. The predicted molar refractivity (Wildman–Crippen MR) is 37.6 cm³/mol. The lowest BCUT2D eigenvalue weighted by molar-refractivity contribution is -0.221. The Hall–Kier alpha value is -0.0800. The quantitative estimate of drug-likeness (QED) is 0.511. The largest absolute Gasteiger partial charge is 0.352 e. The fourth-order valence-corrected chi connectivity index (χ4v) is 1.97. The fraction of sp³-hybridized carbons (Fsp3) is 1.00. The van der Waals surface area contributed by atoms with Crippen molar-refractivity contribution in [3.8, 4) is 0 Å². The topological polar surface area (TPSA) is 18.5 Å². The summed E-state index contributed by atoms with van der Waals surface area (Å²) in [6.07, 6.45) is 4.74. The number of ether oxygens (including phenoxy) is 2. The number of hydrogen-bond acceptors (Lipinski definition) is 2. The molecule has 0 radical (unpaired) electrons. The van der Waals surface area contributed by atoms with Crippen molar-refractivity contribution in [3.05, 3.63) is 0 Å². The molecule has 2 nitrogen and oxygen atoms in total. The van der Waals surface area contributed by atoms with Gasteiger partial charge in [0, 0.05) is 5.92 Å². The maximum atomic E-state index is 5.44. The summed E-state index contributed by atoms with van der Waals surface area (Å²) in [5, 5.41) is 0. The summed E-state index contributed by atoms with van der Waals surface area (Å²) in [4.78, 5) is 0. The highest BCUT2D eigenvalue weighted by Crippen LogP contribution is 2.32. The van der Waals surface area contributed by atoms with Crippen LogP contribution >= 0.6 is 0 Å². The van der Waals surface area contributed by atoms with Crippen LogP contribution in [0.15, 0.2) is 0 Å². The van der Waals surface area contributed by atoms with E-state index in [-0.39, 0.29) is 0 Å². The molecule has 0 amide bonds. The lowest BCUT2D eigenvalue weighted by Gasteiger charge is -2.40. The van der Waals surface area contributed by atoms with Gasteiger partial charge in [-0.05, 0) is 19.3 Å². The smallest absolute Gasteiger partial charge is 0.147 e. The molecular weight excluding hydrogens is 128 g/mol. The van der Waals surface area contributed by atoms with Gasteiger partial charge in [-0.1, -0.05) is 6.92 Å². The minimum Gasteiger partial charge on any atom is -0.352 e. The molecule has 0 aromatic rings. The lowest BCUT2D eigenvalue weighted by atomic mass is 9.85. The van der Waals surface area contributed by atoms with Gasteiger partial charge in [0.15, 0.2) is 0 Å². The summed E-state index contributed by atoms with van der Waals surface area (Å²) in [7, 11) is 0. The summed E-state index contributed by atoms with van der Waals surface area (Å²) >= 11 is 0. The van der Waals surface area contributed by atoms with Crippen LogP contribution in [0.5, 0.6) is 0 Å². The molecule has 2 atom stereocenters. The first-order valence-electron chi connectivity index (χ1n) is 4.11. The average molecular weight is 142 g/mol. The summed E-state index contributed by atoms with van der Waals surface area (Å²) in [6, 6.07) is 0.